The van der Waals surface area contributed by atoms with E-state index in [4.69, 9.17) is 5.11 Å². The predicted octanol–water partition coefficient (Wildman–Crippen LogP) is 1.01. The number of hydrogen-bond donors (Lipinski definition) is 2. The fourth-order valence-electron chi connectivity index (χ4n) is 1.22. The molecule has 0 radical (unpaired) electrons. The van der Waals surface area contributed by atoms with E-state index in [1.807, 2.05) is 0 Å². The highest BCUT2D eigenvalue weighted by Crippen LogP contribution is 2.25. The molecule has 0 saturated carbocycles. The molecule has 0 bridgehead atoms. The van der Waals surface area contributed by atoms with Crippen LogP contribution in [0.15, 0.2) is 24.9 Å². The molecule has 2 rings (SSSR count). The van der Waals surface area contributed by atoms with Crippen LogP contribution in [0.4, 0.5) is 16.3 Å². The lowest BCUT2D eigenvalue weighted by molar-refractivity contribution is 0.144. The zero-order valence-electron chi connectivity index (χ0n) is 8.86. The van der Waals surface area contributed by atoms with Crippen molar-refractivity contribution in [2.75, 3.05) is 5.32 Å². The second kappa shape index (κ2) is 4.47. The topological polar surface area (TPSA) is 102 Å². The Morgan fingerprint density at radius 2 is 2.18 bits per heavy atom. The van der Waals surface area contributed by atoms with Gasteiger partial charge in [0.1, 0.15) is 6.33 Å². The van der Waals surface area contributed by atoms with Crippen LogP contribution < -0.4 is 10.1 Å². The van der Waals surface area contributed by atoms with E-state index in [1.165, 1.54) is 29.6 Å². The highest BCUT2D eigenvalue weighted by molar-refractivity contribution is 5.67. The van der Waals surface area contributed by atoms with E-state index in [-0.39, 0.29) is 11.6 Å². The van der Waals surface area contributed by atoms with Crippen molar-refractivity contribution >= 4 is 17.7 Å². The maximum Gasteiger partial charge on any atom is 0.511 e. The van der Waals surface area contributed by atoms with Crippen molar-refractivity contribution in [3.63, 3.8) is 0 Å². The first-order chi connectivity index (χ1) is 8.15. The van der Waals surface area contributed by atoms with Crippen molar-refractivity contribution in [2.24, 2.45) is 7.05 Å². The van der Waals surface area contributed by atoms with Crippen molar-refractivity contribution in [2.45, 2.75) is 0 Å². The van der Waals surface area contributed by atoms with Gasteiger partial charge in [-0.25, -0.2) is 14.8 Å². The smallest absolute Gasteiger partial charge is 0.449 e. The Kier molecular flexibility index (Phi) is 2.86. The molecule has 0 aliphatic heterocycles. The Labute approximate surface area is 95.9 Å². The third kappa shape index (κ3) is 2.68. The second-order valence-electron chi connectivity index (χ2n) is 3.14. The summed E-state index contributed by atoms with van der Waals surface area (Å²) < 4.78 is 6.00. The zero-order chi connectivity index (χ0) is 12.3. The van der Waals surface area contributed by atoms with Gasteiger partial charge in [-0.1, -0.05) is 0 Å². The molecule has 8 heteroatoms. The number of ether oxygens (including phenoxy) is 1. The Bertz CT molecular complexity index is 525. The molecule has 0 aliphatic rings. The average molecular weight is 235 g/mol. The SMILES string of the molecule is Cn1cc(OC(=O)O)c(Nc2cncnc2)n1. The van der Waals surface area contributed by atoms with E-state index in [9.17, 15) is 4.79 Å². The normalized spacial score (nSPS) is 9.94. The van der Waals surface area contributed by atoms with Crippen LogP contribution in [0, 0.1) is 0 Å². The van der Waals surface area contributed by atoms with E-state index in [2.05, 4.69) is 25.1 Å². The van der Waals surface area contributed by atoms with Gasteiger partial charge in [0, 0.05) is 7.05 Å². The molecule has 0 amide bonds. The fraction of sp³-hybridized carbons (Fsp3) is 0.111. The molecule has 88 valence electrons. The van der Waals surface area contributed by atoms with E-state index >= 15 is 0 Å². The molecular formula is C9H9N5O3. The standard InChI is InChI=1S/C9H9N5O3/c1-14-4-7(17-9(15)16)8(13-14)12-6-2-10-5-11-3-6/h2-5H,1H3,(H,12,13)(H,15,16). The molecule has 8 nitrogen and oxygen atoms in total. The van der Waals surface area contributed by atoms with Crippen LogP contribution in [0.1, 0.15) is 0 Å². The first kappa shape index (κ1) is 10.9. The van der Waals surface area contributed by atoms with Crippen LogP contribution in [0.2, 0.25) is 0 Å². The summed E-state index contributed by atoms with van der Waals surface area (Å²) in [5.74, 6) is 0.397. The van der Waals surface area contributed by atoms with Crippen molar-refractivity contribution in [3.05, 3.63) is 24.9 Å². The minimum absolute atomic E-state index is 0.115. The molecule has 17 heavy (non-hydrogen) atoms. The van der Waals surface area contributed by atoms with Gasteiger partial charge in [0.15, 0.2) is 11.6 Å². The number of aromatic nitrogens is 4. The van der Waals surface area contributed by atoms with Gasteiger partial charge in [0.25, 0.3) is 0 Å². The van der Waals surface area contributed by atoms with Gasteiger partial charge >= 0.3 is 6.16 Å². The van der Waals surface area contributed by atoms with Gasteiger partial charge in [-0.05, 0) is 0 Å². The van der Waals surface area contributed by atoms with Gasteiger partial charge in [0.05, 0.1) is 24.3 Å². The first-order valence-electron chi connectivity index (χ1n) is 4.61. The molecule has 0 fully saturated rings. The van der Waals surface area contributed by atoms with Gasteiger partial charge < -0.3 is 15.2 Å². The molecule has 2 N–H and O–H groups in total. The maximum atomic E-state index is 10.5. The Balaban J connectivity index is 2.23. The quantitative estimate of drug-likeness (QED) is 0.765. The molecule has 0 aliphatic carbocycles. The average Bonchev–Trinajstić information content (AvgIpc) is 2.59. The van der Waals surface area contributed by atoms with Crippen LogP contribution in [0.3, 0.4) is 0 Å². The van der Waals surface area contributed by atoms with Crippen LogP contribution in [0.25, 0.3) is 0 Å². The lowest BCUT2D eigenvalue weighted by atomic mass is 10.5. The number of hydrogen-bond acceptors (Lipinski definition) is 6. The number of anilines is 2. The largest absolute Gasteiger partial charge is 0.511 e. The minimum atomic E-state index is -1.40. The first-order valence-corrected chi connectivity index (χ1v) is 4.61. The molecule has 0 spiro atoms. The predicted molar refractivity (Wildman–Crippen MR) is 57.2 cm³/mol. The molecule has 0 aromatic carbocycles. The number of nitrogens with one attached hydrogen (secondary N) is 1. The van der Waals surface area contributed by atoms with Crippen LogP contribution in [-0.2, 0) is 7.05 Å². The molecular weight excluding hydrogens is 226 g/mol. The van der Waals surface area contributed by atoms with E-state index < -0.39 is 6.16 Å². The maximum absolute atomic E-state index is 10.5. The van der Waals surface area contributed by atoms with E-state index in [0.29, 0.717) is 5.69 Å². The molecule has 0 saturated heterocycles. The summed E-state index contributed by atoms with van der Waals surface area (Å²) in [6.45, 7) is 0. The van der Waals surface area contributed by atoms with Gasteiger partial charge in [-0.2, -0.15) is 5.10 Å². The van der Waals surface area contributed by atoms with Crippen molar-refractivity contribution < 1.29 is 14.6 Å². The van der Waals surface area contributed by atoms with Crippen molar-refractivity contribution in [1.82, 2.24) is 19.7 Å². The lowest BCUT2D eigenvalue weighted by Gasteiger charge is -2.03. The third-order valence-electron chi connectivity index (χ3n) is 1.82. The fourth-order valence-corrected chi connectivity index (χ4v) is 1.22. The van der Waals surface area contributed by atoms with E-state index in [0.717, 1.165) is 0 Å². The highest BCUT2D eigenvalue weighted by Gasteiger charge is 2.12. The summed E-state index contributed by atoms with van der Waals surface area (Å²) in [6.07, 6.45) is 4.50. The summed E-state index contributed by atoms with van der Waals surface area (Å²) in [5.41, 5.74) is 0.585. The van der Waals surface area contributed by atoms with Gasteiger partial charge in [-0.3, -0.25) is 4.68 Å². The summed E-state index contributed by atoms with van der Waals surface area (Å²) in [5, 5.41) is 15.4. The molecule has 0 atom stereocenters. The van der Waals surface area contributed by atoms with Crippen LogP contribution in [-0.4, -0.2) is 31.0 Å². The number of carbonyl (C=O) groups is 1. The third-order valence-corrected chi connectivity index (χ3v) is 1.82. The Morgan fingerprint density at radius 1 is 1.47 bits per heavy atom. The summed E-state index contributed by atoms with van der Waals surface area (Å²) >= 11 is 0. The highest BCUT2D eigenvalue weighted by atomic mass is 16.7. The number of rotatable bonds is 3. The second-order valence-corrected chi connectivity index (χ2v) is 3.14. The summed E-state index contributed by atoms with van der Waals surface area (Å²) in [6, 6.07) is 0. The lowest BCUT2D eigenvalue weighted by Crippen LogP contribution is -2.04. The van der Waals surface area contributed by atoms with Gasteiger partial charge in [0.2, 0.25) is 0 Å². The van der Waals surface area contributed by atoms with E-state index in [1.54, 1.807) is 7.05 Å². The molecule has 2 heterocycles. The molecule has 0 unspecified atom stereocenters. The van der Waals surface area contributed by atoms with Crippen LogP contribution in [0.5, 0.6) is 5.75 Å². The van der Waals surface area contributed by atoms with Crippen molar-refractivity contribution in [3.8, 4) is 5.75 Å². The van der Waals surface area contributed by atoms with Crippen molar-refractivity contribution in [1.29, 1.82) is 0 Å². The minimum Gasteiger partial charge on any atom is -0.449 e. The molecule has 2 aromatic rings. The van der Waals surface area contributed by atoms with Crippen LogP contribution >= 0.6 is 0 Å². The molecule has 2 aromatic heterocycles. The Hall–Kier alpha value is -2.64. The Morgan fingerprint density at radius 3 is 2.82 bits per heavy atom. The summed E-state index contributed by atoms with van der Waals surface area (Å²) in [4.78, 5) is 18.1. The monoisotopic (exact) mass is 235 g/mol. The number of nitrogens with zero attached hydrogens (tertiary/aromatic N) is 4. The number of aryl methyl sites for hydroxylation is 1. The summed E-state index contributed by atoms with van der Waals surface area (Å²) in [7, 11) is 1.65. The zero-order valence-corrected chi connectivity index (χ0v) is 8.86. The number of carboxylic acid groups (broad SMARTS) is 1. The van der Waals surface area contributed by atoms with Gasteiger partial charge in [-0.15, -0.1) is 0 Å².